The number of para-hydroxylation sites is 1. The standard InChI is InChI=1S/C25H25N3O3/c1-27-21-8-3-2-7-19(21)20-14-18(10-11-22(20)27)25(30)28-12-4-6-17(16-28)15-26-24(29)23-9-5-13-31-23/h2-3,5,7-11,13-14,17H,4,6,12,15-16H2,1H3,(H,26,29). The van der Waals surface area contributed by atoms with E-state index in [1.165, 1.54) is 6.26 Å². The topological polar surface area (TPSA) is 67.5 Å². The Morgan fingerprint density at radius 3 is 2.74 bits per heavy atom. The fraction of sp³-hybridized carbons (Fsp3) is 0.280. The van der Waals surface area contributed by atoms with Crippen molar-refractivity contribution in [2.45, 2.75) is 12.8 Å². The number of benzene rings is 2. The van der Waals surface area contributed by atoms with Crippen molar-refractivity contribution in [3.63, 3.8) is 0 Å². The maximum Gasteiger partial charge on any atom is 0.286 e. The predicted molar refractivity (Wildman–Crippen MR) is 120 cm³/mol. The van der Waals surface area contributed by atoms with Crippen LogP contribution in [-0.2, 0) is 7.05 Å². The molecule has 0 spiro atoms. The van der Waals surface area contributed by atoms with Gasteiger partial charge < -0.3 is 19.2 Å². The highest BCUT2D eigenvalue weighted by atomic mass is 16.3. The van der Waals surface area contributed by atoms with Crippen LogP contribution in [0.3, 0.4) is 0 Å². The molecule has 1 N–H and O–H groups in total. The molecule has 3 heterocycles. The number of furan rings is 1. The van der Waals surface area contributed by atoms with E-state index in [1.807, 2.05) is 35.2 Å². The van der Waals surface area contributed by atoms with E-state index >= 15 is 0 Å². The second-order valence-corrected chi connectivity index (χ2v) is 8.25. The molecule has 6 nitrogen and oxygen atoms in total. The molecule has 0 saturated carbocycles. The molecule has 0 aliphatic carbocycles. The van der Waals surface area contributed by atoms with Crippen LogP contribution in [0.15, 0.2) is 65.3 Å². The fourth-order valence-electron chi connectivity index (χ4n) is 4.63. The van der Waals surface area contributed by atoms with Crippen LogP contribution < -0.4 is 5.32 Å². The van der Waals surface area contributed by atoms with Crippen LogP contribution in [0, 0.1) is 5.92 Å². The molecule has 1 saturated heterocycles. The van der Waals surface area contributed by atoms with E-state index in [0.717, 1.165) is 41.2 Å². The van der Waals surface area contributed by atoms with E-state index in [-0.39, 0.29) is 17.7 Å². The van der Waals surface area contributed by atoms with Gasteiger partial charge in [0.2, 0.25) is 0 Å². The van der Waals surface area contributed by atoms with Crippen LogP contribution in [0.1, 0.15) is 33.8 Å². The Morgan fingerprint density at radius 1 is 1.06 bits per heavy atom. The minimum Gasteiger partial charge on any atom is -0.459 e. The summed E-state index contributed by atoms with van der Waals surface area (Å²) in [7, 11) is 2.05. The van der Waals surface area contributed by atoms with Gasteiger partial charge in [-0.1, -0.05) is 18.2 Å². The van der Waals surface area contributed by atoms with Crippen molar-refractivity contribution < 1.29 is 14.0 Å². The van der Waals surface area contributed by atoms with Gasteiger partial charge in [-0.3, -0.25) is 9.59 Å². The summed E-state index contributed by atoms with van der Waals surface area (Å²) in [4.78, 5) is 27.3. The second-order valence-electron chi connectivity index (χ2n) is 8.25. The van der Waals surface area contributed by atoms with E-state index in [1.54, 1.807) is 12.1 Å². The highest BCUT2D eigenvalue weighted by Gasteiger charge is 2.25. The number of amides is 2. The number of likely N-dealkylation sites (tertiary alicyclic amines) is 1. The maximum absolute atomic E-state index is 13.3. The fourth-order valence-corrected chi connectivity index (χ4v) is 4.63. The average molecular weight is 415 g/mol. The number of carbonyl (C=O) groups excluding carboxylic acids is 2. The molecule has 158 valence electrons. The van der Waals surface area contributed by atoms with Gasteiger partial charge in [0, 0.05) is 54.1 Å². The maximum atomic E-state index is 13.3. The summed E-state index contributed by atoms with van der Waals surface area (Å²) in [5, 5.41) is 5.19. The summed E-state index contributed by atoms with van der Waals surface area (Å²) in [6.45, 7) is 1.92. The molecular weight excluding hydrogens is 390 g/mol. The highest BCUT2D eigenvalue weighted by molar-refractivity contribution is 6.10. The van der Waals surface area contributed by atoms with Crippen molar-refractivity contribution in [1.82, 2.24) is 14.8 Å². The minimum atomic E-state index is -0.213. The number of aryl methyl sites for hydroxylation is 1. The van der Waals surface area contributed by atoms with Gasteiger partial charge in [-0.2, -0.15) is 0 Å². The predicted octanol–water partition coefficient (Wildman–Crippen LogP) is 4.21. The molecule has 2 amide bonds. The first kappa shape index (κ1) is 19.4. The zero-order valence-corrected chi connectivity index (χ0v) is 17.5. The van der Waals surface area contributed by atoms with Crippen molar-refractivity contribution in [2.75, 3.05) is 19.6 Å². The summed E-state index contributed by atoms with van der Waals surface area (Å²) >= 11 is 0. The van der Waals surface area contributed by atoms with Crippen LogP contribution in [0.5, 0.6) is 0 Å². The number of fused-ring (bicyclic) bond motifs is 3. The number of aromatic nitrogens is 1. The van der Waals surface area contributed by atoms with Crippen molar-refractivity contribution in [1.29, 1.82) is 0 Å². The second kappa shape index (κ2) is 7.95. The lowest BCUT2D eigenvalue weighted by Crippen LogP contribution is -2.43. The Kier molecular flexibility index (Phi) is 4.98. The van der Waals surface area contributed by atoms with Gasteiger partial charge in [0.05, 0.1) is 6.26 Å². The molecule has 1 atom stereocenters. The molecule has 6 heteroatoms. The van der Waals surface area contributed by atoms with Crippen molar-refractivity contribution in [3.05, 3.63) is 72.2 Å². The highest BCUT2D eigenvalue weighted by Crippen LogP contribution is 2.29. The van der Waals surface area contributed by atoms with E-state index < -0.39 is 0 Å². The Morgan fingerprint density at radius 2 is 1.90 bits per heavy atom. The zero-order chi connectivity index (χ0) is 21.4. The van der Waals surface area contributed by atoms with E-state index in [4.69, 9.17) is 4.42 Å². The van der Waals surface area contributed by atoms with E-state index in [0.29, 0.717) is 24.4 Å². The molecule has 5 rings (SSSR count). The molecule has 4 aromatic rings. The molecule has 1 aliphatic heterocycles. The summed E-state index contributed by atoms with van der Waals surface area (Å²) in [6.07, 6.45) is 3.41. The normalized spacial score (nSPS) is 16.7. The van der Waals surface area contributed by atoms with Gasteiger partial charge >= 0.3 is 0 Å². The third kappa shape index (κ3) is 3.58. The van der Waals surface area contributed by atoms with E-state index in [9.17, 15) is 9.59 Å². The summed E-state index contributed by atoms with van der Waals surface area (Å²) in [5.74, 6) is 0.386. The number of carbonyl (C=O) groups is 2. The van der Waals surface area contributed by atoms with Crippen LogP contribution >= 0.6 is 0 Å². The van der Waals surface area contributed by atoms with Crippen molar-refractivity contribution in [2.24, 2.45) is 13.0 Å². The zero-order valence-electron chi connectivity index (χ0n) is 17.5. The monoisotopic (exact) mass is 415 g/mol. The van der Waals surface area contributed by atoms with Crippen molar-refractivity contribution >= 4 is 33.6 Å². The Labute approximate surface area is 180 Å². The summed E-state index contributed by atoms with van der Waals surface area (Å²) in [6, 6.07) is 17.6. The smallest absolute Gasteiger partial charge is 0.286 e. The van der Waals surface area contributed by atoms with E-state index in [2.05, 4.69) is 29.1 Å². The molecule has 1 fully saturated rings. The van der Waals surface area contributed by atoms with Crippen LogP contribution in [0.2, 0.25) is 0 Å². The first-order valence-corrected chi connectivity index (χ1v) is 10.7. The summed E-state index contributed by atoms with van der Waals surface area (Å²) in [5.41, 5.74) is 2.99. The lowest BCUT2D eigenvalue weighted by molar-refractivity contribution is 0.0670. The molecular formula is C25H25N3O3. The molecule has 1 aliphatic rings. The Hall–Kier alpha value is -3.54. The number of hydrogen-bond acceptors (Lipinski definition) is 3. The van der Waals surface area contributed by atoms with Gasteiger partial charge in [0.15, 0.2) is 5.76 Å². The Balaban J connectivity index is 1.32. The van der Waals surface area contributed by atoms with Crippen LogP contribution in [-0.4, -0.2) is 40.9 Å². The SMILES string of the molecule is Cn1c2ccccc2c2cc(C(=O)N3CCCC(CNC(=O)c4ccco4)C3)ccc21. The third-order valence-electron chi connectivity index (χ3n) is 6.26. The number of hydrogen-bond donors (Lipinski definition) is 1. The first-order chi connectivity index (χ1) is 15.1. The summed E-state index contributed by atoms with van der Waals surface area (Å²) < 4.78 is 7.31. The molecule has 2 aromatic carbocycles. The molecule has 1 unspecified atom stereocenters. The minimum absolute atomic E-state index is 0.0527. The van der Waals surface area contributed by atoms with Crippen LogP contribution in [0.4, 0.5) is 0 Å². The largest absolute Gasteiger partial charge is 0.459 e. The average Bonchev–Trinajstić information content (AvgIpc) is 3.45. The lowest BCUT2D eigenvalue weighted by Gasteiger charge is -2.33. The third-order valence-corrected chi connectivity index (χ3v) is 6.26. The van der Waals surface area contributed by atoms with Crippen molar-refractivity contribution in [3.8, 4) is 0 Å². The Bertz CT molecular complexity index is 1260. The number of rotatable bonds is 4. The molecule has 31 heavy (non-hydrogen) atoms. The van der Waals surface area contributed by atoms with Gasteiger partial charge in [0.25, 0.3) is 11.8 Å². The lowest BCUT2D eigenvalue weighted by atomic mass is 9.97. The van der Waals surface area contributed by atoms with Gasteiger partial charge in [-0.05, 0) is 55.2 Å². The van der Waals surface area contributed by atoms with Gasteiger partial charge in [0.1, 0.15) is 0 Å². The molecule has 2 aromatic heterocycles. The molecule has 0 radical (unpaired) electrons. The van der Waals surface area contributed by atoms with Gasteiger partial charge in [-0.25, -0.2) is 0 Å². The molecule has 0 bridgehead atoms. The number of nitrogens with one attached hydrogen (secondary N) is 1. The van der Waals surface area contributed by atoms with Crippen LogP contribution in [0.25, 0.3) is 21.8 Å². The number of nitrogens with zero attached hydrogens (tertiary/aromatic N) is 2. The first-order valence-electron chi connectivity index (χ1n) is 10.7. The van der Waals surface area contributed by atoms with Gasteiger partial charge in [-0.15, -0.1) is 0 Å². The quantitative estimate of drug-likeness (QED) is 0.543. The number of piperidine rings is 1.